The third-order valence-electron chi connectivity index (χ3n) is 2.93. The molecule has 1 aromatic carbocycles. The number of halogens is 1. The quantitative estimate of drug-likeness (QED) is 0.936. The summed E-state index contributed by atoms with van der Waals surface area (Å²) in [6.07, 6.45) is 1.54. The van der Waals surface area contributed by atoms with Crippen LogP contribution in [0.2, 0.25) is 5.02 Å². The average molecular weight is 278 g/mol. The molecule has 0 aliphatic carbocycles. The van der Waals surface area contributed by atoms with Gasteiger partial charge in [-0.2, -0.15) is 5.10 Å². The van der Waals surface area contributed by atoms with Crippen LogP contribution in [-0.2, 0) is 7.05 Å². The fourth-order valence-electron chi connectivity index (χ4n) is 1.70. The molecular formula is C14H16ClN3O. The highest BCUT2D eigenvalue weighted by molar-refractivity contribution is 6.33. The first-order valence-corrected chi connectivity index (χ1v) is 6.45. The Kier molecular flexibility index (Phi) is 3.90. The lowest BCUT2D eigenvalue weighted by Crippen LogP contribution is -2.20. The zero-order valence-electron chi connectivity index (χ0n) is 11.1. The predicted octanol–water partition coefficient (Wildman–Crippen LogP) is 3.30. The highest BCUT2D eigenvalue weighted by atomic mass is 35.5. The molecule has 1 N–H and O–H groups in total. The van der Waals surface area contributed by atoms with Crippen molar-refractivity contribution in [1.82, 2.24) is 9.78 Å². The Labute approximate surface area is 117 Å². The van der Waals surface area contributed by atoms with Crippen LogP contribution in [0, 0.1) is 0 Å². The Bertz CT molecular complexity index is 632. The van der Waals surface area contributed by atoms with Crippen LogP contribution in [0.1, 0.15) is 25.3 Å². The average Bonchev–Trinajstić information content (AvgIpc) is 2.40. The smallest absolute Gasteiger partial charge is 0.287 e. The van der Waals surface area contributed by atoms with Gasteiger partial charge in [0, 0.05) is 12.7 Å². The van der Waals surface area contributed by atoms with Gasteiger partial charge in [-0.1, -0.05) is 37.6 Å². The highest BCUT2D eigenvalue weighted by Gasteiger charge is 2.07. The molecule has 0 saturated carbocycles. The molecule has 0 atom stereocenters. The number of hydrogen-bond donors (Lipinski definition) is 1. The Hall–Kier alpha value is -1.81. The SMILES string of the molecule is CC(C)c1ccc(Nc2cnn(C)c(=O)c2Cl)cc1. The van der Waals surface area contributed by atoms with E-state index in [1.807, 2.05) is 12.1 Å². The molecule has 0 fully saturated rings. The van der Waals surface area contributed by atoms with Crippen LogP contribution < -0.4 is 10.9 Å². The third-order valence-corrected chi connectivity index (χ3v) is 3.30. The fraction of sp³-hybridized carbons (Fsp3) is 0.286. The zero-order valence-corrected chi connectivity index (χ0v) is 11.9. The van der Waals surface area contributed by atoms with E-state index in [1.165, 1.54) is 10.2 Å². The molecule has 1 aromatic heterocycles. The lowest BCUT2D eigenvalue weighted by atomic mass is 10.0. The van der Waals surface area contributed by atoms with Gasteiger partial charge in [0.25, 0.3) is 5.56 Å². The van der Waals surface area contributed by atoms with Crippen LogP contribution in [-0.4, -0.2) is 9.78 Å². The van der Waals surface area contributed by atoms with Crippen LogP contribution in [0.5, 0.6) is 0 Å². The molecule has 0 radical (unpaired) electrons. The van der Waals surface area contributed by atoms with Crippen molar-refractivity contribution in [2.75, 3.05) is 5.32 Å². The van der Waals surface area contributed by atoms with Crippen molar-refractivity contribution >= 4 is 23.0 Å². The number of nitrogens with zero attached hydrogens (tertiary/aromatic N) is 2. The molecule has 1 heterocycles. The van der Waals surface area contributed by atoms with E-state index in [1.54, 1.807) is 13.2 Å². The van der Waals surface area contributed by atoms with Crippen molar-refractivity contribution in [3.63, 3.8) is 0 Å². The van der Waals surface area contributed by atoms with Crippen LogP contribution in [0.4, 0.5) is 11.4 Å². The number of anilines is 2. The highest BCUT2D eigenvalue weighted by Crippen LogP contribution is 2.23. The summed E-state index contributed by atoms with van der Waals surface area (Å²) in [5, 5.41) is 7.18. The van der Waals surface area contributed by atoms with E-state index >= 15 is 0 Å². The molecule has 5 heteroatoms. The number of benzene rings is 1. The minimum absolute atomic E-state index is 0.144. The Morgan fingerprint density at radius 2 is 1.89 bits per heavy atom. The molecule has 2 rings (SSSR count). The van der Waals surface area contributed by atoms with Crippen LogP contribution in [0.25, 0.3) is 0 Å². The summed E-state index contributed by atoms with van der Waals surface area (Å²) in [5.74, 6) is 0.489. The van der Waals surface area contributed by atoms with Gasteiger partial charge in [0.05, 0.1) is 11.9 Å². The number of nitrogens with one attached hydrogen (secondary N) is 1. The van der Waals surface area contributed by atoms with Crippen LogP contribution in [0.3, 0.4) is 0 Å². The van der Waals surface area contributed by atoms with Gasteiger partial charge in [-0.15, -0.1) is 0 Å². The largest absolute Gasteiger partial charge is 0.353 e. The van der Waals surface area contributed by atoms with E-state index in [2.05, 4.69) is 36.4 Å². The maximum Gasteiger partial charge on any atom is 0.287 e. The molecule has 0 aliphatic heterocycles. The van der Waals surface area contributed by atoms with E-state index < -0.39 is 0 Å². The van der Waals surface area contributed by atoms with E-state index in [-0.39, 0.29) is 10.6 Å². The summed E-state index contributed by atoms with van der Waals surface area (Å²) < 4.78 is 1.20. The van der Waals surface area contributed by atoms with Gasteiger partial charge < -0.3 is 5.32 Å². The lowest BCUT2D eigenvalue weighted by molar-refractivity contribution is 0.709. The van der Waals surface area contributed by atoms with Crippen molar-refractivity contribution in [1.29, 1.82) is 0 Å². The van der Waals surface area contributed by atoms with E-state index in [4.69, 9.17) is 11.6 Å². The summed E-state index contributed by atoms with van der Waals surface area (Å²) in [6, 6.07) is 8.02. The van der Waals surface area contributed by atoms with Crippen molar-refractivity contribution in [3.8, 4) is 0 Å². The van der Waals surface area contributed by atoms with E-state index in [0.29, 0.717) is 11.6 Å². The van der Waals surface area contributed by atoms with Crippen LogP contribution >= 0.6 is 11.6 Å². The second kappa shape index (κ2) is 5.45. The van der Waals surface area contributed by atoms with Gasteiger partial charge in [-0.05, 0) is 23.6 Å². The van der Waals surface area contributed by atoms with Crippen molar-refractivity contribution in [2.45, 2.75) is 19.8 Å². The van der Waals surface area contributed by atoms with Crippen molar-refractivity contribution < 1.29 is 0 Å². The van der Waals surface area contributed by atoms with Gasteiger partial charge in [0.1, 0.15) is 5.02 Å². The first kappa shape index (κ1) is 13.6. The number of hydrogen-bond acceptors (Lipinski definition) is 3. The Morgan fingerprint density at radius 3 is 2.47 bits per heavy atom. The second-order valence-corrected chi connectivity index (χ2v) is 5.08. The predicted molar refractivity (Wildman–Crippen MR) is 78.3 cm³/mol. The Balaban J connectivity index is 2.27. The zero-order chi connectivity index (χ0) is 14.0. The summed E-state index contributed by atoms with van der Waals surface area (Å²) in [7, 11) is 1.56. The van der Waals surface area contributed by atoms with Gasteiger partial charge >= 0.3 is 0 Å². The van der Waals surface area contributed by atoms with Gasteiger partial charge in [-0.3, -0.25) is 4.79 Å². The van der Waals surface area contributed by atoms with E-state index in [9.17, 15) is 4.79 Å². The first-order chi connectivity index (χ1) is 8.99. The molecule has 0 spiro atoms. The fourth-order valence-corrected chi connectivity index (χ4v) is 1.92. The minimum Gasteiger partial charge on any atom is -0.353 e. The van der Waals surface area contributed by atoms with Gasteiger partial charge in [0.2, 0.25) is 0 Å². The van der Waals surface area contributed by atoms with Crippen LogP contribution in [0.15, 0.2) is 35.3 Å². The number of aryl methyl sites for hydroxylation is 1. The van der Waals surface area contributed by atoms with Gasteiger partial charge in [0.15, 0.2) is 0 Å². The molecule has 0 bridgehead atoms. The maximum absolute atomic E-state index is 11.7. The Morgan fingerprint density at radius 1 is 1.26 bits per heavy atom. The molecule has 0 amide bonds. The summed E-state index contributed by atoms with van der Waals surface area (Å²) in [6.45, 7) is 4.29. The second-order valence-electron chi connectivity index (χ2n) is 4.70. The molecular weight excluding hydrogens is 262 g/mol. The number of rotatable bonds is 3. The van der Waals surface area contributed by atoms with Crippen molar-refractivity contribution in [2.24, 2.45) is 7.05 Å². The standard InChI is InChI=1S/C14H16ClN3O/c1-9(2)10-4-6-11(7-5-10)17-12-8-16-18(3)14(19)13(12)15/h4-9,17H,1-3H3. The number of aromatic nitrogens is 2. The minimum atomic E-state index is -0.314. The van der Waals surface area contributed by atoms with E-state index in [0.717, 1.165) is 5.69 Å². The summed E-state index contributed by atoms with van der Waals surface area (Å²) in [4.78, 5) is 11.7. The lowest BCUT2D eigenvalue weighted by Gasteiger charge is -2.10. The molecule has 100 valence electrons. The molecule has 0 saturated heterocycles. The molecule has 2 aromatic rings. The third kappa shape index (κ3) is 2.96. The molecule has 19 heavy (non-hydrogen) atoms. The molecule has 0 aliphatic rings. The van der Waals surface area contributed by atoms with Gasteiger partial charge in [-0.25, -0.2) is 4.68 Å². The normalized spacial score (nSPS) is 10.8. The molecule has 0 unspecified atom stereocenters. The maximum atomic E-state index is 11.7. The van der Waals surface area contributed by atoms with Crippen molar-refractivity contribution in [3.05, 3.63) is 51.4 Å². The monoisotopic (exact) mass is 277 g/mol. The summed E-state index contributed by atoms with van der Waals surface area (Å²) in [5.41, 5.74) is 2.34. The topological polar surface area (TPSA) is 46.9 Å². The first-order valence-electron chi connectivity index (χ1n) is 6.08. The molecule has 4 nitrogen and oxygen atoms in total. The summed E-state index contributed by atoms with van der Waals surface area (Å²) >= 11 is 5.99.